The van der Waals surface area contributed by atoms with Crippen molar-refractivity contribution < 1.29 is 34.7 Å². The molecule has 0 aromatic heterocycles. The highest BCUT2D eigenvalue weighted by molar-refractivity contribution is 7.89. The van der Waals surface area contributed by atoms with E-state index >= 15 is 0 Å². The zero-order valence-electron chi connectivity index (χ0n) is 13.1. The lowest BCUT2D eigenvalue weighted by molar-refractivity contribution is -0.242. The first-order valence-corrected chi connectivity index (χ1v) is 11.0. The van der Waals surface area contributed by atoms with Gasteiger partial charge < -0.3 is 4.74 Å². The van der Waals surface area contributed by atoms with Crippen LogP contribution in [0.2, 0.25) is 0 Å². The summed E-state index contributed by atoms with van der Waals surface area (Å²) in [5.74, 6) is -0.523. The third kappa shape index (κ3) is 5.55. The molecule has 2 aliphatic rings. The zero-order chi connectivity index (χ0) is 18.2. The first-order chi connectivity index (χ1) is 10.9. The molecule has 0 radical (unpaired) electrons. The van der Waals surface area contributed by atoms with Crippen LogP contribution in [-0.2, 0) is 24.8 Å². The van der Waals surface area contributed by atoms with Gasteiger partial charge in [-0.15, -0.1) is 0 Å². The molecule has 12 heteroatoms. The van der Waals surface area contributed by atoms with E-state index in [0.717, 1.165) is 10.6 Å². The quantitative estimate of drug-likeness (QED) is 0.731. The van der Waals surface area contributed by atoms with E-state index in [-0.39, 0.29) is 32.4 Å². The summed E-state index contributed by atoms with van der Waals surface area (Å²) < 4.78 is 93.6. The van der Waals surface area contributed by atoms with Crippen molar-refractivity contribution in [1.82, 2.24) is 9.03 Å². The van der Waals surface area contributed by atoms with Crippen molar-refractivity contribution in [3.63, 3.8) is 0 Å². The molecular weight excluding hydrogens is 373 g/mol. The average Bonchev–Trinajstić information content (AvgIpc) is 2.84. The van der Waals surface area contributed by atoms with Crippen LogP contribution >= 0.6 is 0 Å². The van der Waals surface area contributed by atoms with Crippen LogP contribution in [0.1, 0.15) is 25.7 Å². The van der Waals surface area contributed by atoms with Gasteiger partial charge in [0.1, 0.15) is 0 Å². The molecule has 0 aromatic carbocycles. The van der Waals surface area contributed by atoms with Crippen molar-refractivity contribution >= 4 is 20.0 Å². The summed E-state index contributed by atoms with van der Waals surface area (Å²) in [6.45, 7) is 0.107. The topological polar surface area (TPSA) is 92.8 Å². The molecule has 2 aliphatic heterocycles. The van der Waals surface area contributed by atoms with Crippen LogP contribution in [0.5, 0.6) is 0 Å². The highest BCUT2D eigenvalue weighted by atomic mass is 32.2. The predicted molar refractivity (Wildman–Crippen MR) is 80.3 cm³/mol. The monoisotopic (exact) mass is 394 g/mol. The fraction of sp³-hybridized carbons (Fsp3) is 1.00. The van der Waals surface area contributed by atoms with Gasteiger partial charge in [-0.1, -0.05) is 0 Å². The summed E-state index contributed by atoms with van der Waals surface area (Å²) in [6.07, 6.45) is -5.78. The average molecular weight is 394 g/mol. The Bertz CT molecular complexity index is 650. The molecule has 0 aliphatic carbocycles. The Hall–Kier alpha value is -0.430. The zero-order valence-corrected chi connectivity index (χ0v) is 14.8. The molecule has 0 aromatic rings. The minimum absolute atomic E-state index is 0.0230. The van der Waals surface area contributed by atoms with Crippen LogP contribution < -0.4 is 4.72 Å². The van der Waals surface area contributed by atoms with Gasteiger partial charge in [-0.05, 0) is 25.7 Å². The minimum Gasteiger partial charge on any atom is -0.364 e. The van der Waals surface area contributed by atoms with Crippen LogP contribution in [0, 0.1) is 0 Å². The Morgan fingerprint density at radius 3 is 2.42 bits per heavy atom. The van der Waals surface area contributed by atoms with Gasteiger partial charge in [0.15, 0.2) is 6.10 Å². The molecule has 2 fully saturated rings. The van der Waals surface area contributed by atoms with Crippen LogP contribution in [0.25, 0.3) is 0 Å². The van der Waals surface area contributed by atoms with E-state index in [1.165, 1.54) is 0 Å². The maximum Gasteiger partial charge on any atom is 0.414 e. The molecule has 2 unspecified atom stereocenters. The lowest BCUT2D eigenvalue weighted by Gasteiger charge is -2.32. The van der Waals surface area contributed by atoms with E-state index in [1.54, 1.807) is 0 Å². The number of hydrogen-bond donors (Lipinski definition) is 1. The van der Waals surface area contributed by atoms with Gasteiger partial charge in [0.05, 0.1) is 18.1 Å². The number of nitrogens with zero attached hydrogens (tertiary/aromatic N) is 1. The molecule has 0 spiro atoms. The van der Waals surface area contributed by atoms with Crippen molar-refractivity contribution in [2.24, 2.45) is 0 Å². The molecule has 0 saturated carbocycles. The Morgan fingerprint density at radius 2 is 1.83 bits per heavy atom. The van der Waals surface area contributed by atoms with Crippen LogP contribution in [0.15, 0.2) is 0 Å². The number of halogens is 3. The minimum atomic E-state index is -4.50. The number of rotatable bonds is 5. The van der Waals surface area contributed by atoms with E-state index in [0.29, 0.717) is 6.42 Å². The summed E-state index contributed by atoms with van der Waals surface area (Å²) >= 11 is 0. The lowest BCUT2D eigenvalue weighted by atomic mass is 10.0. The van der Waals surface area contributed by atoms with E-state index in [1.807, 2.05) is 0 Å². The van der Waals surface area contributed by atoms with Crippen molar-refractivity contribution in [2.75, 3.05) is 25.1 Å². The molecule has 2 rings (SSSR count). The lowest BCUT2D eigenvalue weighted by Crippen LogP contribution is -2.44. The summed E-state index contributed by atoms with van der Waals surface area (Å²) in [7, 11) is -7.26. The molecule has 3 atom stereocenters. The first kappa shape index (κ1) is 19.9. The normalized spacial score (nSPS) is 30.6. The number of alkyl halides is 3. The van der Waals surface area contributed by atoms with Crippen molar-refractivity contribution in [1.29, 1.82) is 0 Å². The smallest absolute Gasteiger partial charge is 0.364 e. The maximum atomic E-state index is 12.7. The molecule has 24 heavy (non-hydrogen) atoms. The summed E-state index contributed by atoms with van der Waals surface area (Å²) in [5, 5.41) is 0. The third-order valence-electron chi connectivity index (χ3n) is 4.04. The number of nitrogens with one attached hydrogen (secondary N) is 1. The number of sulfonamides is 2. The largest absolute Gasteiger partial charge is 0.414 e. The van der Waals surface area contributed by atoms with Crippen LogP contribution in [0.4, 0.5) is 13.2 Å². The number of hydrogen-bond acceptors (Lipinski definition) is 5. The van der Waals surface area contributed by atoms with E-state index in [2.05, 4.69) is 4.72 Å². The van der Waals surface area contributed by atoms with Gasteiger partial charge >= 0.3 is 6.18 Å². The highest BCUT2D eigenvalue weighted by Gasteiger charge is 2.45. The fourth-order valence-corrected chi connectivity index (χ4v) is 5.50. The van der Waals surface area contributed by atoms with Gasteiger partial charge in [-0.3, -0.25) is 0 Å². The van der Waals surface area contributed by atoms with Crippen LogP contribution in [-0.4, -0.2) is 70.7 Å². The van der Waals surface area contributed by atoms with E-state index < -0.39 is 50.2 Å². The molecule has 1 N–H and O–H groups in total. The molecule has 7 nitrogen and oxygen atoms in total. The van der Waals surface area contributed by atoms with Gasteiger partial charge in [-0.25, -0.2) is 25.9 Å². The van der Waals surface area contributed by atoms with Gasteiger partial charge in [0.25, 0.3) is 0 Å². The molecule has 142 valence electrons. The Kier molecular flexibility index (Phi) is 5.85. The molecule has 0 amide bonds. The van der Waals surface area contributed by atoms with Crippen molar-refractivity contribution in [3.05, 3.63) is 0 Å². The van der Waals surface area contributed by atoms with Gasteiger partial charge in [0, 0.05) is 19.1 Å². The second kappa shape index (κ2) is 7.06. The molecule has 2 saturated heterocycles. The Morgan fingerprint density at radius 1 is 1.17 bits per heavy atom. The van der Waals surface area contributed by atoms with E-state index in [4.69, 9.17) is 4.74 Å². The Labute approximate surface area is 139 Å². The van der Waals surface area contributed by atoms with Gasteiger partial charge in [0.2, 0.25) is 20.0 Å². The number of ether oxygens (including phenoxy) is 1. The van der Waals surface area contributed by atoms with Gasteiger partial charge in [-0.2, -0.15) is 13.2 Å². The molecular formula is C12H21F3N2O5S2. The van der Waals surface area contributed by atoms with Crippen LogP contribution in [0.3, 0.4) is 0 Å². The summed E-state index contributed by atoms with van der Waals surface area (Å²) in [5.41, 5.74) is 0. The van der Waals surface area contributed by atoms with E-state index in [9.17, 15) is 30.0 Å². The summed E-state index contributed by atoms with van der Waals surface area (Å²) in [4.78, 5) is 0. The summed E-state index contributed by atoms with van der Waals surface area (Å²) in [6, 6.07) is -0.523. The first-order valence-electron chi connectivity index (χ1n) is 7.54. The second-order valence-corrected chi connectivity index (χ2v) is 10.0. The third-order valence-corrected chi connectivity index (χ3v) is 6.71. The predicted octanol–water partition coefficient (Wildman–Crippen LogP) is 0.440. The molecule has 0 bridgehead atoms. The Balaban J connectivity index is 1.94. The highest BCUT2D eigenvalue weighted by Crippen LogP contribution is 2.32. The standard InChI is InChI=1S/C12H21F3N2O5S2/c1-23(18,19)16-9-5-6-17(7-9)24(20,21)8-10-3-2-4-11(22-10)12(13,14)15/h9-11,16H,2-8H2,1H3/t9-,10?,11?/m0/s1. The van der Waals surface area contributed by atoms with Crippen molar-refractivity contribution in [2.45, 2.75) is 50.1 Å². The SMILES string of the molecule is CS(=O)(=O)N[C@H]1CCN(S(=O)(=O)CC2CCCC(C(F)(F)F)O2)C1. The molecule has 2 heterocycles. The fourth-order valence-electron chi connectivity index (χ4n) is 2.98. The second-order valence-electron chi connectivity index (χ2n) is 6.23. The van der Waals surface area contributed by atoms with Crippen molar-refractivity contribution in [3.8, 4) is 0 Å². The maximum absolute atomic E-state index is 12.7.